The minimum atomic E-state index is -0.914. The molecular weight excluding hydrogens is 301 g/mol. The summed E-state index contributed by atoms with van der Waals surface area (Å²) in [7, 11) is 0. The number of unbranched alkanes of at least 4 members (excludes halogenated alkanes) is 10. The number of rotatable bonds is 16. The van der Waals surface area contributed by atoms with Crippen LogP contribution in [-0.4, -0.2) is 59.0 Å². The normalized spacial score (nSPS) is 11.7. The van der Waals surface area contributed by atoms with Gasteiger partial charge in [0.1, 0.15) is 11.8 Å². The molecule has 0 aromatic carbocycles. The van der Waals surface area contributed by atoms with Gasteiger partial charge in [-0.05, 0) is 13.3 Å². The molecule has 0 bridgehead atoms. The number of aliphatic carboxylic acids is 1. The summed E-state index contributed by atoms with van der Waals surface area (Å²) in [5.74, 6) is -0.800. The second-order valence-corrected chi connectivity index (χ2v) is 6.27. The van der Waals surface area contributed by atoms with Crippen molar-refractivity contribution in [3.63, 3.8) is 0 Å². The Balaban J connectivity index is 0. The van der Waals surface area contributed by atoms with Gasteiger partial charge >= 0.3 is 5.97 Å². The summed E-state index contributed by atoms with van der Waals surface area (Å²) in [5.41, 5.74) is 0. The van der Waals surface area contributed by atoms with E-state index in [-0.39, 0.29) is 41.9 Å². The van der Waals surface area contributed by atoms with Gasteiger partial charge in [-0.2, -0.15) is 0 Å². The zero-order chi connectivity index (χ0) is 16.6. The first-order valence-corrected chi connectivity index (χ1v) is 9.05. The van der Waals surface area contributed by atoms with E-state index < -0.39 is 12.0 Å². The molecular formula is C18H35NNaO3. The van der Waals surface area contributed by atoms with Gasteiger partial charge in [-0.1, -0.05) is 71.1 Å². The zero-order valence-electron chi connectivity index (χ0n) is 15.5. The second kappa shape index (κ2) is 18.4. The van der Waals surface area contributed by atoms with Crippen LogP contribution in [0, 0.1) is 0 Å². The van der Waals surface area contributed by atoms with E-state index in [0.717, 1.165) is 12.8 Å². The van der Waals surface area contributed by atoms with Crippen LogP contribution in [0.3, 0.4) is 0 Å². The van der Waals surface area contributed by atoms with Gasteiger partial charge in [0.15, 0.2) is 0 Å². The van der Waals surface area contributed by atoms with Crippen LogP contribution in [0.2, 0.25) is 0 Å². The molecule has 0 amide bonds. The standard InChI is InChI=1S/C18H35NO3.Na/c1-3-4-5-6-7-8-9-10-11-12-13-14-17(20)15-19-16(2)18(21)22;/h16,19H,3-15H2,1-2H3,(H,21,22);/t16-;/m0./s1. The number of ketones is 1. The monoisotopic (exact) mass is 336 g/mol. The number of carboxylic acid groups (broad SMARTS) is 1. The number of hydrogen-bond donors (Lipinski definition) is 2. The molecule has 4 nitrogen and oxygen atoms in total. The molecule has 2 N–H and O–H groups in total. The van der Waals surface area contributed by atoms with E-state index in [9.17, 15) is 9.59 Å². The summed E-state index contributed by atoms with van der Waals surface area (Å²) in [4.78, 5) is 22.2. The Morgan fingerprint density at radius 1 is 0.870 bits per heavy atom. The third-order valence-electron chi connectivity index (χ3n) is 4.04. The van der Waals surface area contributed by atoms with Crippen LogP contribution in [0.5, 0.6) is 0 Å². The first-order valence-electron chi connectivity index (χ1n) is 9.05. The Labute approximate surface area is 164 Å². The quantitative estimate of drug-likeness (QED) is 0.331. The third kappa shape index (κ3) is 18.3. The van der Waals surface area contributed by atoms with Crippen molar-refractivity contribution in [3.05, 3.63) is 0 Å². The Hall–Kier alpha value is 0.100. The van der Waals surface area contributed by atoms with Gasteiger partial charge in [0.2, 0.25) is 0 Å². The van der Waals surface area contributed by atoms with Crippen molar-refractivity contribution in [2.75, 3.05) is 6.54 Å². The fraction of sp³-hybridized carbons (Fsp3) is 0.889. The van der Waals surface area contributed by atoms with E-state index in [1.807, 2.05) is 0 Å². The number of hydrogen-bond acceptors (Lipinski definition) is 3. The molecule has 1 radical (unpaired) electrons. The van der Waals surface area contributed by atoms with Crippen molar-refractivity contribution >= 4 is 41.3 Å². The molecule has 131 valence electrons. The van der Waals surface area contributed by atoms with Gasteiger partial charge in [-0.3, -0.25) is 14.9 Å². The van der Waals surface area contributed by atoms with Crippen LogP contribution < -0.4 is 5.32 Å². The first kappa shape index (κ1) is 25.3. The molecule has 0 spiro atoms. The van der Waals surface area contributed by atoms with Crippen molar-refractivity contribution < 1.29 is 14.7 Å². The second-order valence-electron chi connectivity index (χ2n) is 6.27. The molecule has 23 heavy (non-hydrogen) atoms. The van der Waals surface area contributed by atoms with Crippen LogP contribution in [0.4, 0.5) is 0 Å². The Kier molecular flexibility index (Phi) is 20.3. The maximum Gasteiger partial charge on any atom is 0.320 e. The molecule has 0 fully saturated rings. The van der Waals surface area contributed by atoms with Crippen molar-refractivity contribution in [2.45, 2.75) is 96.9 Å². The maximum atomic E-state index is 11.6. The molecule has 0 saturated heterocycles. The predicted molar refractivity (Wildman–Crippen MR) is 96.9 cm³/mol. The molecule has 0 rings (SSSR count). The minimum Gasteiger partial charge on any atom is -0.480 e. The molecule has 0 unspecified atom stereocenters. The molecule has 0 saturated carbocycles. The summed E-state index contributed by atoms with van der Waals surface area (Å²) >= 11 is 0. The first-order chi connectivity index (χ1) is 10.6. The van der Waals surface area contributed by atoms with Crippen molar-refractivity contribution in [2.24, 2.45) is 0 Å². The van der Waals surface area contributed by atoms with E-state index >= 15 is 0 Å². The number of carbonyl (C=O) groups excluding carboxylic acids is 1. The predicted octanol–water partition coefficient (Wildman–Crippen LogP) is 3.94. The van der Waals surface area contributed by atoms with Gasteiger partial charge in [0, 0.05) is 36.0 Å². The minimum absolute atomic E-state index is 0. The van der Waals surface area contributed by atoms with Crippen LogP contribution in [0.1, 0.15) is 90.9 Å². The molecule has 1 atom stereocenters. The van der Waals surface area contributed by atoms with Gasteiger partial charge < -0.3 is 5.11 Å². The van der Waals surface area contributed by atoms with Gasteiger partial charge in [-0.15, -0.1) is 0 Å². The molecule has 0 aliphatic rings. The molecule has 0 aliphatic heterocycles. The number of Topliss-reactive ketones (excluding diaryl/α,β-unsaturated/α-hetero) is 1. The molecule has 5 heteroatoms. The molecule has 0 aromatic rings. The average Bonchev–Trinajstić information content (AvgIpc) is 2.50. The summed E-state index contributed by atoms with van der Waals surface area (Å²) in [6.45, 7) is 3.97. The number of carbonyl (C=O) groups is 2. The van der Waals surface area contributed by atoms with E-state index in [4.69, 9.17) is 5.11 Å². The third-order valence-corrected chi connectivity index (χ3v) is 4.04. The van der Waals surface area contributed by atoms with Gasteiger partial charge in [-0.25, -0.2) is 0 Å². The number of carboxylic acids is 1. The van der Waals surface area contributed by atoms with Crippen molar-refractivity contribution in [1.82, 2.24) is 5.32 Å². The Morgan fingerprint density at radius 2 is 1.30 bits per heavy atom. The summed E-state index contributed by atoms with van der Waals surface area (Å²) in [5, 5.41) is 11.4. The molecule has 0 aromatic heterocycles. The van der Waals surface area contributed by atoms with Crippen molar-refractivity contribution in [3.8, 4) is 0 Å². The SMILES string of the molecule is CCCCCCCCCCCCCC(=O)CN[C@@H](C)C(=O)O.[Na]. The van der Waals surface area contributed by atoms with Crippen LogP contribution in [0.15, 0.2) is 0 Å². The summed E-state index contributed by atoms with van der Waals surface area (Å²) in [6.07, 6.45) is 14.6. The van der Waals surface area contributed by atoms with Gasteiger partial charge in [0.05, 0.1) is 6.54 Å². The zero-order valence-corrected chi connectivity index (χ0v) is 17.5. The van der Waals surface area contributed by atoms with E-state index in [2.05, 4.69) is 12.2 Å². The average molecular weight is 336 g/mol. The van der Waals surface area contributed by atoms with E-state index in [0.29, 0.717) is 6.42 Å². The Bertz CT molecular complexity index is 298. The smallest absolute Gasteiger partial charge is 0.320 e. The van der Waals surface area contributed by atoms with Crippen LogP contribution in [-0.2, 0) is 9.59 Å². The number of nitrogens with one attached hydrogen (secondary N) is 1. The van der Waals surface area contributed by atoms with E-state index in [1.165, 1.54) is 57.8 Å². The van der Waals surface area contributed by atoms with Crippen LogP contribution >= 0.6 is 0 Å². The molecule has 0 heterocycles. The summed E-state index contributed by atoms with van der Waals surface area (Å²) in [6, 6.07) is -0.652. The summed E-state index contributed by atoms with van der Waals surface area (Å²) < 4.78 is 0. The fourth-order valence-corrected chi connectivity index (χ4v) is 2.43. The fourth-order valence-electron chi connectivity index (χ4n) is 2.43. The largest absolute Gasteiger partial charge is 0.480 e. The van der Waals surface area contributed by atoms with Crippen LogP contribution in [0.25, 0.3) is 0 Å². The van der Waals surface area contributed by atoms with Gasteiger partial charge in [0.25, 0.3) is 0 Å². The Morgan fingerprint density at radius 3 is 1.74 bits per heavy atom. The molecule has 0 aliphatic carbocycles. The van der Waals surface area contributed by atoms with E-state index in [1.54, 1.807) is 6.92 Å². The maximum absolute atomic E-state index is 11.6. The van der Waals surface area contributed by atoms with Crippen molar-refractivity contribution in [1.29, 1.82) is 0 Å². The topological polar surface area (TPSA) is 66.4 Å².